The Balaban J connectivity index is 1.18. The Morgan fingerprint density at radius 1 is 0.978 bits per heavy atom. The number of imidazole rings is 1. The van der Waals surface area contributed by atoms with Crippen LogP contribution in [0.25, 0.3) is 55.8 Å². The Labute approximate surface area is 268 Å². The Bertz CT molecular complexity index is 2020. The van der Waals surface area contributed by atoms with Crippen molar-refractivity contribution in [1.82, 2.24) is 35.0 Å². The lowest BCUT2D eigenvalue weighted by Gasteiger charge is -2.14. The summed E-state index contributed by atoms with van der Waals surface area (Å²) in [6, 6.07) is 15.4. The quantitative estimate of drug-likeness (QED) is 0.136. The van der Waals surface area contributed by atoms with E-state index in [2.05, 4.69) is 80.1 Å². The van der Waals surface area contributed by atoms with Gasteiger partial charge in [-0.1, -0.05) is 26.5 Å². The minimum atomic E-state index is -0.257. The number of halogens is 1. The number of rotatable bonds is 11. The van der Waals surface area contributed by atoms with Crippen molar-refractivity contribution in [3.8, 4) is 33.9 Å². The van der Waals surface area contributed by atoms with Gasteiger partial charge in [-0.2, -0.15) is 5.10 Å². The van der Waals surface area contributed by atoms with Gasteiger partial charge in [-0.25, -0.2) is 9.37 Å². The molecule has 46 heavy (non-hydrogen) atoms. The summed E-state index contributed by atoms with van der Waals surface area (Å²) in [5.41, 5.74) is 9.31. The van der Waals surface area contributed by atoms with Crippen LogP contribution in [0.15, 0.2) is 79.4 Å². The monoisotopic (exact) mass is 614 g/mol. The fourth-order valence-electron chi connectivity index (χ4n) is 6.49. The van der Waals surface area contributed by atoms with Crippen LogP contribution in [0.5, 0.6) is 0 Å². The molecule has 0 radical (unpaired) electrons. The molecule has 3 N–H and O–H groups in total. The Hall–Kier alpha value is -4.89. The molecule has 0 atom stereocenters. The van der Waals surface area contributed by atoms with Crippen molar-refractivity contribution >= 4 is 27.6 Å². The van der Waals surface area contributed by atoms with Crippen molar-refractivity contribution in [2.45, 2.75) is 46.0 Å². The molecular weight excluding hydrogens is 575 g/mol. The first kappa shape index (κ1) is 29.8. The van der Waals surface area contributed by atoms with E-state index in [4.69, 9.17) is 4.98 Å². The lowest BCUT2D eigenvalue weighted by molar-refractivity contribution is 0.334. The highest BCUT2D eigenvalue weighted by atomic mass is 19.1. The fourth-order valence-corrected chi connectivity index (χ4v) is 6.49. The maximum Gasteiger partial charge on any atom is 0.159 e. The minimum absolute atomic E-state index is 0.257. The molecule has 1 fully saturated rings. The number of nitrogens with one attached hydrogen (secondary N) is 3. The molecule has 0 saturated carbocycles. The number of nitrogens with zero attached hydrogens (tertiary/aromatic N) is 5. The van der Waals surface area contributed by atoms with Gasteiger partial charge in [0.05, 0.1) is 28.6 Å². The molecule has 5 heterocycles. The van der Waals surface area contributed by atoms with E-state index in [1.165, 1.54) is 25.9 Å². The van der Waals surface area contributed by atoms with Gasteiger partial charge in [0.25, 0.3) is 0 Å². The van der Waals surface area contributed by atoms with E-state index < -0.39 is 0 Å². The van der Waals surface area contributed by atoms with E-state index in [0.717, 1.165) is 75.9 Å². The van der Waals surface area contributed by atoms with E-state index in [1.54, 1.807) is 18.3 Å². The summed E-state index contributed by atoms with van der Waals surface area (Å²) in [6.07, 6.45) is 10.7. The van der Waals surface area contributed by atoms with Gasteiger partial charge < -0.3 is 15.2 Å². The number of benzene rings is 2. The average Bonchev–Trinajstić information content (AvgIpc) is 3.80. The SMILES string of the molecule is C=C(CC(C)C)Nc1cncc(-c2ccc3[nH]nc(-c4nc5c(-c6cc(F)cc(CCCN7CCCC7)c6)nccc5[nH]4)c3c2)c1. The first-order valence-electron chi connectivity index (χ1n) is 16.2. The third-order valence-corrected chi connectivity index (χ3v) is 8.60. The highest BCUT2D eigenvalue weighted by molar-refractivity contribution is 5.97. The first-order chi connectivity index (χ1) is 22.4. The topological polar surface area (TPSA) is 98.4 Å². The van der Waals surface area contributed by atoms with Crippen LogP contribution in [0.1, 0.15) is 45.1 Å². The average molecular weight is 615 g/mol. The number of H-pyrrole nitrogens is 2. The number of anilines is 1. The van der Waals surface area contributed by atoms with E-state index in [9.17, 15) is 4.39 Å². The zero-order chi connectivity index (χ0) is 31.6. The van der Waals surface area contributed by atoms with Crippen LogP contribution in [0.4, 0.5) is 10.1 Å². The highest BCUT2D eigenvalue weighted by Crippen LogP contribution is 2.33. The summed E-state index contributed by atoms with van der Waals surface area (Å²) in [5.74, 6) is 0.879. The van der Waals surface area contributed by atoms with Crippen LogP contribution >= 0.6 is 0 Å². The molecule has 9 heteroatoms. The van der Waals surface area contributed by atoms with E-state index in [-0.39, 0.29) is 5.82 Å². The van der Waals surface area contributed by atoms with Gasteiger partial charge in [0, 0.05) is 34.6 Å². The predicted molar refractivity (Wildman–Crippen MR) is 184 cm³/mol. The highest BCUT2D eigenvalue weighted by Gasteiger charge is 2.18. The second-order valence-electron chi connectivity index (χ2n) is 12.8. The smallest absolute Gasteiger partial charge is 0.159 e. The van der Waals surface area contributed by atoms with Gasteiger partial charge >= 0.3 is 0 Å². The zero-order valence-electron chi connectivity index (χ0n) is 26.4. The van der Waals surface area contributed by atoms with Crippen LogP contribution in [0, 0.1) is 11.7 Å². The Morgan fingerprint density at radius 3 is 2.70 bits per heavy atom. The van der Waals surface area contributed by atoms with Crippen molar-refractivity contribution in [2.24, 2.45) is 5.92 Å². The molecule has 1 saturated heterocycles. The summed E-state index contributed by atoms with van der Waals surface area (Å²) < 4.78 is 14.9. The number of aromatic nitrogens is 6. The molecule has 1 aliphatic heterocycles. The maximum absolute atomic E-state index is 14.9. The minimum Gasteiger partial charge on any atom is -0.358 e. The number of hydrogen-bond donors (Lipinski definition) is 3. The summed E-state index contributed by atoms with van der Waals surface area (Å²) in [5, 5.41) is 12.1. The van der Waals surface area contributed by atoms with Crippen LogP contribution in [-0.2, 0) is 6.42 Å². The normalized spacial score (nSPS) is 13.7. The summed E-state index contributed by atoms with van der Waals surface area (Å²) in [7, 11) is 0. The number of pyridine rings is 2. The van der Waals surface area contributed by atoms with Crippen molar-refractivity contribution in [3.63, 3.8) is 0 Å². The van der Waals surface area contributed by atoms with E-state index in [1.807, 2.05) is 24.5 Å². The molecular formula is C37H39FN8. The molecule has 0 spiro atoms. The number of allylic oxidation sites excluding steroid dienone is 1. The standard InChI is InChI=1S/C37H39FN8/c1-23(2)15-24(3)41-30-19-28(21-39-22-30)26-8-9-32-31(20-26)35(45-44-32)37-42-33-10-11-40-34(36(33)43-37)27-16-25(17-29(38)18-27)7-6-14-46-12-4-5-13-46/h8-11,16-23,41H,3-7,12-15H2,1-2H3,(H,42,43)(H,44,45). The fraction of sp³-hybridized carbons (Fsp3) is 0.297. The number of hydrogen-bond acceptors (Lipinski definition) is 6. The molecule has 0 unspecified atom stereocenters. The van der Waals surface area contributed by atoms with Crippen molar-refractivity contribution in [1.29, 1.82) is 0 Å². The van der Waals surface area contributed by atoms with Gasteiger partial charge in [-0.3, -0.25) is 15.1 Å². The van der Waals surface area contributed by atoms with Crippen molar-refractivity contribution < 1.29 is 4.39 Å². The van der Waals surface area contributed by atoms with Gasteiger partial charge in [-0.15, -0.1) is 0 Å². The molecule has 234 valence electrons. The van der Waals surface area contributed by atoms with E-state index >= 15 is 0 Å². The molecule has 7 rings (SSSR count). The molecule has 0 aliphatic carbocycles. The Kier molecular flexibility index (Phi) is 8.32. The summed E-state index contributed by atoms with van der Waals surface area (Å²) in [4.78, 5) is 20.0. The second kappa shape index (κ2) is 12.8. The number of aromatic amines is 2. The Morgan fingerprint density at radius 2 is 1.85 bits per heavy atom. The first-order valence-corrected chi connectivity index (χ1v) is 16.2. The van der Waals surface area contributed by atoms with Gasteiger partial charge in [0.1, 0.15) is 17.0 Å². The number of likely N-dealkylation sites (tertiary alicyclic amines) is 1. The zero-order valence-corrected chi connectivity index (χ0v) is 26.4. The van der Waals surface area contributed by atoms with Crippen molar-refractivity contribution in [3.05, 3.63) is 90.8 Å². The van der Waals surface area contributed by atoms with Gasteiger partial charge in [0.2, 0.25) is 0 Å². The predicted octanol–water partition coefficient (Wildman–Crippen LogP) is 8.37. The molecule has 0 bridgehead atoms. The van der Waals surface area contributed by atoms with Crippen LogP contribution in [-0.4, -0.2) is 54.7 Å². The lowest BCUT2D eigenvalue weighted by Crippen LogP contribution is -2.20. The van der Waals surface area contributed by atoms with Gasteiger partial charge in [-0.05, 0) is 111 Å². The molecule has 4 aromatic heterocycles. The second-order valence-corrected chi connectivity index (χ2v) is 12.8. The number of fused-ring (bicyclic) bond motifs is 2. The maximum atomic E-state index is 14.9. The third-order valence-electron chi connectivity index (χ3n) is 8.60. The molecule has 0 amide bonds. The van der Waals surface area contributed by atoms with E-state index in [0.29, 0.717) is 28.6 Å². The lowest BCUT2D eigenvalue weighted by atomic mass is 10.0. The largest absolute Gasteiger partial charge is 0.358 e. The number of aryl methyl sites for hydroxylation is 1. The summed E-state index contributed by atoms with van der Waals surface area (Å²) >= 11 is 0. The van der Waals surface area contributed by atoms with Crippen molar-refractivity contribution in [2.75, 3.05) is 25.0 Å². The van der Waals surface area contributed by atoms with Gasteiger partial charge in [0.15, 0.2) is 5.82 Å². The molecule has 8 nitrogen and oxygen atoms in total. The van der Waals surface area contributed by atoms with Crippen LogP contribution in [0.3, 0.4) is 0 Å². The summed E-state index contributed by atoms with van der Waals surface area (Å²) in [6.45, 7) is 11.9. The molecule has 6 aromatic rings. The van der Waals surface area contributed by atoms with Crippen LogP contribution in [0.2, 0.25) is 0 Å². The molecule has 2 aromatic carbocycles. The molecule has 1 aliphatic rings. The third kappa shape index (κ3) is 6.41. The van der Waals surface area contributed by atoms with Crippen LogP contribution < -0.4 is 5.32 Å².